The van der Waals surface area contributed by atoms with E-state index in [1.165, 1.54) is 5.56 Å². The molecule has 1 spiro atoms. The first-order valence-electron chi connectivity index (χ1n) is 8.24. The van der Waals surface area contributed by atoms with Gasteiger partial charge in [0.05, 0.1) is 0 Å². The first-order chi connectivity index (χ1) is 10.7. The van der Waals surface area contributed by atoms with Gasteiger partial charge in [0, 0.05) is 29.6 Å². The van der Waals surface area contributed by atoms with Crippen molar-refractivity contribution in [2.75, 3.05) is 13.1 Å². The number of nitrogens with two attached hydrogens (primary N) is 1. The fourth-order valence-corrected chi connectivity index (χ4v) is 4.24. The molecule has 1 fully saturated rings. The summed E-state index contributed by atoms with van der Waals surface area (Å²) in [5, 5.41) is 0.765. The number of likely N-dealkylation sites (tertiary alicyclic amines) is 1. The van der Waals surface area contributed by atoms with E-state index in [0.29, 0.717) is 13.1 Å². The van der Waals surface area contributed by atoms with Crippen molar-refractivity contribution in [2.24, 2.45) is 5.73 Å². The van der Waals surface area contributed by atoms with E-state index in [-0.39, 0.29) is 17.6 Å². The van der Waals surface area contributed by atoms with Gasteiger partial charge < -0.3 is 15.4 Å². The standard InChI is InChI=1S/C18H25ClN2O2/c1-17(2,3)23-16(22)21-9-7-18(8-10-21)11-14(20)15-12(18)5-4-6-13(15)19/h4-6,14H,7-11,20H2,1-3H3/t14-/m0/s1. The van der Waals surface area contributed by atoms with Crippen molar-refractivity contribution in [1.82, 2.24) is 4.90 Å². The molecule has 1 atom stereocenters. The first kappa shape index (κ1) is 16.6. The Morgan fingerprint density at radius 1 is 1.35 bits per heavy atom. The topological polar surface area (TPSA) is 55.6 Å². The third kappa shape index (κ3) is 3.07. The van der Waals surface area contributed by atoms with Gasteiger partial charge in [-0.2, -0.15) is 0 Å². The fraction of sp³-hybridized carbons (Fsp3) is 0.611. The zero-order chi connectivity index (χ0) is 16.8. The lowest BCUT2D eigenvalue weighted by Crippen LogP contribution is -2.46. The van der Waals surface area contributed by atoms with Crippen molar-refractivity contribution in [3.8, 4) is 0 Å². The molecule has 2 N–H and O–H groups in total. The van der Waals surface area contributed by atoms with Gasteiger partial charge in [-0.25, -0.2) is 4.79 Å². The van der Waals surface area contributed by atoms with Crippen molar-refractivity contribution in [1.29, 1.82) is 0 Å². The molecule has 1 amide bonds. The SMILES string of the molecule is CC(C)(C)OC(=O)N1CCC2(CC1)C[C@H](N)c1c(Cl)cccc12. The number of carbonyl (C=O) groups excluding carboxylic acids is 1. The summed E-state index contributed by atoms with van der Waals surface area (Å²) in [5.41, 5.74) is 8.31. The van der Waals surface area contributed by atoms with Gasteiger partial charge in [0.15, 0.2) is 0 Å². The van der Waals surface area contributed by atoms with Crippen LogP contribution in [0.5, 0.6) is 0 Å². The molecule has 1 heterocycles. The number of amides is 1. The molecule has 1 aromatic carbocycles. The number of fused-ring (bicyclic) bond motifs is 2. The normalized spacial score (nSPS) is 23.0. The Bertz CT molecular complexity index is 616. The number of halogens is 1. The molecule has 1 aliphatic carbocycles. The largest absolute Gasteiger partial charge is 0.444 e. The second-order valence-electron chi connectivity index (χ2n) is 7.76. The molecular formula is C18H25ClN2O2. The minimum atomic E-state index is -0.456. The zero-order valence-electron chi connectivity index (χ0n) is 14.1. The minimum Gasteiger partial charge on any atom is -0.444 e. The van der Waals surface area contributed by atoms with Crippen LogP contribution in [0.1, 0.15) is 57.2 Å². The Kier molecular flexibility index (Phi) is 4.09. The van der Waals surface area contributed by atoms with Crippen LogP contribution in [0.15, 0.2) is 18.2 Å². The summed E-state index contributed by atoms with van der Waals surface area (Å²) in [6, 6.07) is 6.06. The maximum atomic E-state index is 12.2. The molecule has 126 valence electrons. The Morgan fingerprint density at radius 2 is 2.00 bits per heavy atom. The average molecular weight is 337 g/mol. The Hall–Kier alpha value is -1.26. The van der Waals surface area contributed by atoms with Gasteiger partial charge in [-0.05, 0) is 57.2 Å². The molecule has 1 aromatic rings. The monoisotopic (exact) mass is 336 g/mol. The Morgan fingerprint density at radius 3 is 2.61 bits per heavy atom. The van der Waals surface area contributed by atoms with Crippen LogP contribution in [0.4, 0.5) is 4.79 Å². The summed E-state index contributed by atoms with van der Waals surface area (Å²) in [4.78, 5) is 14.0. The van der Waals surface area contributed by atoms with Crippen LogP contribution in [0.25, 0.3) is 0 Å². The minimum absolute atomic E-state index is 0.00761. The van der Waals surface area contributed by atoms with Crippen LogP contribution in [-0.2, 0) is 10.2 Å². The summed E-state index contributed by atoms with van der Waals surface area (Å²) < 4.78 is 5.48. The van der Waals surface area contributed by atoms with Gasteiger partial charge in [0.2, 0.25) is 0 Å². The molecule has 23 heavy (non-hydrogen) atoms. The van der Waals surface area contributed by atoms with Crippen molar-refractivity contribution >= 4 is 17.7 Å². The quantitative estimate of drug-likeness (QED) is 0.778. The van der Waals surface area contributed by atoms with Crippen LogP contribution < -0.4 is 5.73 Å². The van der Waals surface area contributed by atoms with Gasteiger partial charge in [-0.3, -0.25) is 0 Å². The maximum Gasteiger partial charge on any atom is 0.410 e. The molecule has 2 aliphatic rings. The predicted molar refractivity (Wildman–Crippen MR) is 91.7 cm³/mol. The van der Waals surface area contributed by atoms with Crippen LogP contribution in [0.3, 0.4) is 0 Å². The number of nitrogens with zero attached hydrogens (tertiary/aromatic N) is 1. The summed E-state index contributed by atoms with van der Waals surface area (Å²) in [6.45, 7) is 7.08. The summed E-state index contributed by atoms with van der Waals surface area (Å²) in [7, 11) is 0. The summed E-state index contributed by atoms with van der Waals surface area (Å²) >= 11 is 6.35. The van der Waals surface area contributed by atoms with Gasteiger partial charge in [-0.1, -0.05) is 23.7 Å². The third-order valence-corrected chi connectivity index (χ3v) is 5.31. The lowest BCUT2D eigenvalue weighted by atomic mass is 9.74. The molecule has 0 bridgehead atoms. The lowest BCUT2D eigenvalue weighted by Gasteiger charge is -2.40. The van der Waals surface area contributed by atoms with Gasteiger partial charge in [0.25, 0.3) is 0 Å². The summed E-state index contributed by atoms with van der Waals surface area (Å²) in [5.74, 6) is 0. The van der Waals surface area contributed by atoms with E-state index >= 15 is 0 Å². The van der Waals surface area contributed by atoms with E-state index in [0.717, 1.165) is 29.8 Å². The highest BCUT2D eigenvalue weighted by Crippen LogP contribution is 2.51. The van der Waals surface area contributed by atoms with Gasteiger partial charge in [-0.15, -0.1) is 0 Å². The molecule has 1 aliphatic heterocycles. The number of benzene rings is 1. The lowest BCUT2D eigenvalue weighted by molar-refractivity contribution is 0.0162. The molecule has 3 rings (SSSR count). The van der Waals surface area contributed by atoms with E-state index in [1.807, 2.05) is 37.8 Å². The molecule has 5 heteroatoms. The summed E-state index contributed by atoms with van der Waals surface area (Å²) in [6.07, 6.45) is 2.51. The molecule has 0 aromatic heterocycles. The van der Waals surface area contributed by atoms with E-state index in [9.17, 15) is 4.79 Å². The smallest absolute Gasteiger partial charge is 0.410 e. The molecular weight excluding hydrogens is 312 g/mol. The molecule has 4 nitrogen and oxygen atoms in total. The van der Waals surface area contributed by atoms with Crippen molar-refractivity contribution < 1.29 is 9.53 Å². The van der Waals surface area contributed by atoms with Gasteiger partial charge >= 0.3 is 6.09 Å². The second-order valence-corrected chi connectivity index (χ2v) is 8.17. The van der Waals surface area contributed by atoms with Crippen LogP contribution in [-0.4, -0.2) is 29.7 Å². The fourth-order valence-electron chi connectivity index (χ4n) is 3.93. The third-order valence-electron chi connectivity index (χ3n) is 4.98. The average Bonchev–Trinajstić information content (AvgIpc) is 2.72. The second kappa shape index (κ2) is 5.67. The molecule has 1 saturated heterocycles. The van der Waals surface area contributed by atoms with Crippen LogP contribution in [0, 0.1) is 0 Å². The van der Waals surface area contributed by atoms with Crippen molar-refractivity contribution in [2.45, 2.75) is 57.1 Å². The molecule has 0 radical (unpaired) electrons. The van der Waals surface area contributed by atoms with Gasteiger partial charge in [0.1, 0.15) is 5.60 Å². The van der Waals surface area contributed by atoms with E-state index < -0.39 is 5.60 Å². The highest BCUT2D eigenvalue weighted by atomic mass is 35.5. The number of rotatable bonds is 0. The zero-order valence-corrected chi connectivity index (χ0v) is 14.8. The Labute approximate surface area is 142 Å². The number of piperidine rings is 1. The first-order valence-corrected chi connectivity index (χ1v) is 8.62. The highest BCUT2D eigenvalue weighted by Gasteiger charge is 2.46. The number of ether oxygens (including phenoxy) is 1. The van der Waals surface area contributed by atoms with E-state index in [1.54, 1.807) is 0 Å². The van der Waals surface area contributed by atoms with Crippen LogP contribution in [0.2, 0.25) is 5.02 Å². The highest BCUT2D eigenvalue weighted by molar-refractivity contribution is 6.31. The number of carbonyl (C=O) groups is 1. The van der Waals surface area contributed by atoms with E-state index in [2.05, 4.69) is 6.07 Å². The number of hydrogen-bond donors (Lipinski definition) is 1. The molecule has 0 unspecified atom stereocenters. The number of hydrogen-bond acceptors (Lipinski definition) is 3. The Balaban J connectivity index is 1.75. The van der Waals surface area contributed by atoms with Crippen molar-refractivity contribution in [3.63, 3.8) is 0 Å². The maximum absolute atomic E-state index is 12.2. The van der Waals surface area contributed by atoms with Crippen molar-refractivity contribution in [3.05, 3.63) is 34.3 Å². The molecule has 0 saturated carbocycles. The predicted octanol–water partition coefficient (Wildman–Crippen LogP) is 4.01. The van der Waals surface area contributed by atoms with Crippen LogP contribution >= 0.6 is 11.6 Å². The van der Waals surface area contributed by atoms with E-state index in [4.69, 9.17) is 22.1 Å².